The zero-order valence-corrected chi connectivity index (χ0v) is 29.8. The van der Waals surface area contributed by atoms with E-state index in [9.17, 15) is 0 Å². The molecule has 0 N–H and O–H groups in total. The molecule has 1 aliphatic rings. The van der Waals surface area contributed by atoms with E-state index in [0.717, 1.165) is 22.9 Å². The molecular weight excluding hydrogens is 677 g/mol. The van der Waals surface area contributed by atoms with Gasteiger partial charge in [-0.25, -0.2) is 6.07 Å². The van der Waals surface area contributed by atoms with E-state index in [1.54, 1.807) is 0 Å². The van der Waals surface area contributed by atoms with E-state index in [4.69, 9.17) is 23.2 Å². The van der Waals surface area contributed by atoms with Crippen LogP contribution in [0.3, 0.4) is 0 Å². The molecule has 0 aliphatic heterocycles. The molecule has 0 saturated carbocycles. The van der Waals surface area contributed by atoms with Gasteiger partial charge in [0.1, 0.15) is 0 Å². The van der Waals surface area contributed by atoms with Crippen molar-refractivity contribution in [3.05, 3.63) is 159 Å². The van der Waals surface area contributed by atoms with Crippen molar-refractivity contribution in [3.63, 3.8) is 0 Å². The van der Waals surface area contributed by atoms with Crippen LogP contribution >= 0.6 is 23.2 Å². The Morgan fingerprint density at radius 2 is 1.36 bits per heavy atom. The summed E-state index contributed by atoms with van der Waals surface area (Å²) in [4.78, 5) is 0. The van der Waals surface area contributed by atoms with Crippen LogP contribution in [0.4, 0.5) is 0 Å². The summed E-state index contributed by atoms with van der Waals surface area (Å²) in [5, 5.41) is 1.53. The molecule has 0 nitrogen and oxygen atoms in total. The van der Waals surface area contributed by atoms with Crippen LogP contribution in [0.2, 0.25) is 10.0 Å². The minimum absolute atomic E-state index is 0. The summed E-state index contributed by atoms with van der Waals surface area (Å²) < 4.78 is 1.31. The first-order valence-electron chi connectivity index (χ1n) is 13.6. The number of rotatable bonds is 3. The van der Waals surface area contributed by atoms with Crippen molar-refractivity contribution < 1.29 is 49.0 Å². The molecule has 0 heterocycles. The molecule has 0 amide bonds. The van der Waals surface area contributed by atoms with Gasteiger partial charge in [0.15, 0.2) is 0 Å². The number of hydrogen-bond acceptors (Lipinski definition) is 0. The number of benzene rings is 4. The Morgan fingerprint density at radius 3 is 1.86 bits per heavy atom. The minimum atomic E-state index is 0. The third-order valence-corrected chi connectivity index (χ3v) is 8.90. The molecule has 0 saturated heterocycles. The number of hydrogen-bond donors (Lipinski definition) is 0. The van der Waals surface area contributed by atoms with Crippen LogP contribution in [0.25, 0.3) is 11.1 Å². The smallest absolute Gasteiger partial charge is 0.0253 e. The van der Waals surface area contributed by atoms with Gasteiger partial charge in [0.05, 0.1) is 0 Å². The minimum Gasteiger partial charge on any atom is -1.00 e. The van der Waals surface area contributed by atoms with Gasteiger partial charge in [-0.05, 0) is 6.42 Å². The summed E-state index contributed by atoms with van der Waals surface area (Å²) in [6.07, 6.45) is 2.20. The van der Waals surface area contributed by atoms with Gasteiger partial charge in [0.2, 0.25) is 0 Å². The molecule has 0 fully saturated rings. The van der Waals surface area contributed by atoms with E-state index in [1.165, 1.54) is 71.9 Å². The van der Waals surface area contributed by atoms with E-state index < -0.39 is 0 Å². The predicted molar refractivity (Wildman–Crippen MR) is 170 cm³/mol. The fraction of sp³-hybridized carbons (Fsp3) is 0.189. The number of fused-ring (bicyclic) bond motifs is 3. The maximum atomic E-state index is 5.86. The van der Waals surface area contributed by atoms with E-state index in [-0.39, 0.29) is 24.8 Å². The van der Waals surface area contributed by atoms with Crippen LogP contribution in [0.5, 0.6) is 0 Å². The average molecular weight is 712 g/mol. The Kier molecular flexibility index (Phi) is 14.6. The fourth-order valence-electron chi connectivity index (χ4n) is 4.58. The molecule has 0 radical (unpaired) electrons. The van der Waals surface area contributed by atoms with E-state index in [1.807, 2.05) is 54.6 Å². The molecule has 5 aromatic carbocycles. The Bertz CT molecular complexity index is 1470. The van der Waals surface area contributed by atoms with Crippen LogP contribution in [0, 0.1) is 6.07 Å². The standard InChI is InChI=1S/C13H8Cl2.C13H9.C11H17.2ClH.Zr/c14-12-5-1-10(2-6-12)9-11-3-7-13(15)8-4-11;1-3-7-12-10(5-1)9-11-6-2-4-8-13(11)12;1-5-9-6-7-10(8-9)11(2,3)4;;;/h1-8H;1-5,7-8H,9H2;6-8H,5H2,1-4H3;2*1H;/q;2*-1;;;+2/p-2. The molecule has 1 aliphatic carbocycles. The second kappa shape index (κ2) is 16.8. The number of aryl methyl sites for hydroxylation is 1. The third kappa shape index (κ3) is 9.84. The second-order valence-corrected chi connectivity index (χ2v) is 13.0. The monoisotopic (exact) mass is 708 g/mol. The van der Waals surface area contributed by atoms with Gasteiger partial charge in [-0.3, -0.25) is 0 Å². The van der Waals surface area contributed by atoms with Crippen molar-refractivity contribution in [2.75, 3.05) is 0 Å². The molecule has 0 unspecified atom stereocenters. The maximum Gasteiger partial charge on any atom is -0.0253 e. The molecule has 0 bridgehead atoms. The Hall–Kier alpha value is -1.86. The van der Waals surface area contributed by atoms with Crippen molar-refractivity contribution >= 4 is 26.4 Å². The van der Waals surface area contributed by atoms with Crippen LogP contribution < -0.4 is 24.8 Å². The first-order chi connectivity index (χ1) is 19.2. The largest absolute Gasteiger partial charge is 1.00 e. The Morgan fingerprint density at radius 1 is 0.810 bits per heavy atom. The van der Waals surface area contributed by atoms with Gasteiger partial charge in [-0.15, -0.1) is 5.56 Å². The van der Waals surface area contributed by atoms with Crippen LogP contribution in [-0.2, 0) is 42.5 Å². The zero-order valence-electron chi connectivity index (χ0n) is 24.3. The van der Waals surface area contributed by atoms with Gasteiger partial charge in [-0.1, -0.05) is 74.9 Å². The zero-order chi connectivity index (χ0) is 28.7. The second-order valence-electron chi connectivity index (χ2n) is 10.9. The first-order valence-corrected chi connectivity index (χ1v) is 15.6. The molecule has 0 spiro atoms. The maximum absolute atomic E-state index is 5.86. The van der Waals surface area contributed by atoms with Gasteiger partial charge in [0, 0.05) is 0 Å². The molecule has 0 atom stereocenters. The topological polar surface area (TPSA) is 0 Å². The van der Waals surface area contributed by atoms with Crippen molar-refractivity contribution in [3.8, 4) is 11.1 Å². The third-order valence-electron chi connectivity index (χ3n) is 6.97. The summed E-state index contributed by atoms with van der Waals surface area (Å²) in [6.45, 7) is 8.95. The molecule has 216 valence electrons. The van der Waals surface area contributed by atoms with Crippen LogP contribution in [0.15, 0.2) is 109 Å². The summed E-state index contributed by atoms with van der Waals surface area (Å²) >= 11 is 13.1. The molecule has 5 heteroatoms. The Labute approximate surface area is 289 Å². The van der Waals surface area contributed by atoms with Crippen molar-refractivity contribution in [1.29, 1.82) is 0 Å². The van der Waals surface area contributed by atoms with Crippen molar-refractivity contribution in [1.82, 2.24) is 0 Å². The van der Waals surface area contributed by atoms with Crippen molar-refractivity contribution in [2.45, 2.75) is 46.0 Å². The summed E-state index contributed by atoms with van der Waals surface area (Å²) in [6, 6.07) is 40.7. The van der Waals surface area contributed by atoms with Gasteiger partial charge in [-0.2, -0.15) is 53.1 Å². The van der Waals surface area contributed by atoms with Crippen molar-refractivity contribution in [2.24, 2.45) is 0 Å². The normalized spacial score (nSPS) is 10.9. The van der Waals surface area contributed by atoms with E-state index in [0.29, 0.717) is 5.41 Å². The van der Waals surface area contributed by atoms with E-state index >= 15 is 0 Å². The molecule has 42 heavy (non-hydrogen) atoms. The molecular formula is C37H34Cl4Zr-2. The Balaban J connectivity index is 0.000000219. The average Bonchev–Trinajstić information content (AvgIpc) is 3.60. The summed E-state index contributed by atoms with van der Waals surface area (Å²) in [7, 11) is 0. The van der Waals surface area contributed by atoms with Gasteiger partial charge in [0.25, 0.3) is 0 Å². The number of halogens is 4. The quantitative estimate of drug-likeness (QED) is 0.239. The van der Waals surface area contributed by atoms with Crippen LogP contribution in [0.1, 0.15) is 61.1 Å². The molecule has 0 aromatic heterocycles. The summed E-state index contributed by atoms with van der Waals surface area (Å²) in [5.74, 6) is 0. The fourth-order valence-corrected chi connectivity index (χ4v) is 5.65. The molecule has 5 aromatic rings. The van der Waals surface area contributed by atoms with E-state index in [2.05, 4.69) is 88.4 Å². The van der Waals surface area contributed by atoms with Gasteiger partial charge >= 0.3 is 120 Å². The summed E-state index contributed by atoms with van der Waals surface area (Å²) in [5.41, 5.74) is 11.2. The molecule has 6 rings (SSSR count). The predicted octanol–water partition coefficient (Wildman–Crippen LogP) is 4.44. The SMILES string of the molecule is CCc1cc(C(C)(C)C)c[cH-]1.Clc1ccc([C](=[Zr+2])c2ccc(Cl)cc2)cc1.[Cl-].[Cl-].[c-]1cccc2c1Cc1ccccc1-2. The van der Waals surface area contributed by atoms with Crippen LogP contribution in [-0.4, -0.2) is 3.21 Å². The van der Waals surface area contributed by atoms with Gasteiger partial charge < -0.3 is 24.8 Å². The first kappa shape index (κ1) is 36.3.